The second-order valence-electron chi connectivity index (χ2n) is 4.84. The maximum absolute atomic E-state index is 12.3. The zero-order valence-corrected chi connectivity index (χ0v) is 14.8. The summed E-state index contributed by atoms with van der Waals surface area (Å²) in [7, 11) is -4.01. The molecule has 0 fully saturated rings. The SMILES string of the molecule is Cc1cc(OCCCCl)cc(OS(=O)(=O)c2ccccc2Cl)c1. The molecule has 0 saturated heterocycles. The van der Waals surface area contributed by atoms with E-state index < -0.39 is 10.1 Å². The Morgan fingerprint density at radius 1 is 1.09 bits per heavy atom. The second-order valence-corrected chi connectivity index (χ2v) is 7.14. The summed E-state index contributed by atoms with van der Waals surface area (Å²) < 4.78 is 35.4. The van der Waals surface area contributed by atoms with Gasteiger partial charge in [-0.05, 0) is 43.2 Å². The molecule has 0 spiro atoms. The van der Waals surface area contributed by atoms with Gasteiger partial charge in [-0.25, -0.2) is 0 Å². The summed E-state index contributed by atoms with van der Waals surface area (Å²) >= 11 is 11.5. The standard InChI is InChI=1S/C16H16Cl2O4S/c1-12-9-13(21-8-4-7-17)11-14(10-12)22-23(19,20)16-6-3-2-5-15(16)18/h2-3,5-6,9-11H,4,7-8H2,1H3. The van der Waals surface area contributed by atoms with Crippen molar-refractivity contribution >= 4 is 33.3 Å². The second kappa shape index (κ2) is 7.90. The highest BCUT2D eigenvalue weighted by Gasteiger charge is 2.20. The fourth-order valence-electron chi connectivity index (χ4n) is 1.91. The van der Waals surface area contributed by atoms with E-state index in [2.05, 4.69) is 0 Å². The van der Waals surface area contributed by atoms with Crippen LogP contribution in [0.2, 0.25) is 5.02 Å². The molecule has 0 aromatic heterocycles. The van der Waals surface area contributed by atoms with Crippen molar-refractivity contribution in [1.82, 2.24) is 0 Å². The molecule has 2 aromatic rings. The van der Waals surface area contributed by atoms with Crippen molar-refractivity contribution in [2.45, 2.75) is 18.2 Å². The van der Waals surface area contributed by atoms with Gasteiger partial charge < -0.3 is 8.92 Å². The third-order valence-electron chi connectivity index (χ3n) is 2.88. The van der Waals surface area contributed by atoms with E-state index in [0.29, 0.717) is 24.7 Å². The van der Waals surface area contributed by atoms with Crippen LogP contribution in [0.5, 0.6) is 11.5 Å². The van der Waals surface area contributed by atoms with Crippen molar-refractivity contribution in [1.29, 1.82) is 0 Å². The number of hydrogen-bond acceptors (Lipinski definition) is 4. The lowest BCUT2D eigenvalue weighted by atomic mass is 10.2. The van der Waals surface area contributed by atoms with Crippen LogP contribution in [0.25, 0.3) is 0 Å². The molecule has 4 nitrogen and oxygen atoms in total. The van der Waals surface area contributed by atoms with Gasteiger partial charge in [0.15, 0.2) is 0 Å². The first kappa shape index (κ1) is 17.9. The van der Waals surface area contributed by atoms with Crippen molar-refractivity contribution in [3.8, 4) is 11.5 Å². The molecule has 2 aromatic carbocycles. The maximum Gasteiger partial charge on any atom is 0.340 e. The van der Waals surface area contributed by atoms with Crippen molar-refractivity contribution in [2.75, 3.05) is 12.5 Å². The summed E-state index contributed by atoms with van der Waals surface area (Å²) in [5.41, 5.74) is 0.817. The normalized spacial score (nSPS) is 11.3. The number of aryl methyl sites for hydroxylation is 1. The largest absolute Gasteiger partial charge is 0.493 e. The average Bonchev–Trinajstić information content (AvgIpc) is 2.46. The van der Waals surface area contributed by atoms with Gasteiger partial charge in [0.05, 0.1) is 11.6 Å². The van der Waals surface area contributed by atoms with Crippen LogP contribution in [0, 0.1) is 6.92 Å². The number of rotatable bonds is 7. The fourth-order valence-corrected chi connectivity index (χ4v) is 3.43. The molecule has 0 N–H and O–H groups in total. The van der Waals surface area contributed by atoms with Crippen molar-refractivity contribution in [3.05, 3.63) is 53.1 Å². The zero-order chi connectivity index (χ0) is 16.9. The molecule has 0 heterocycles. The molecule has 0 bridgehead atoms. The van der Waals surface area contributed by atoms with E-state index in [0.717, 1.165) is 5.56 Å². The predicted octanol–water partition coefficient (Wildman–Crippen LogP) is 4.42. The van der Waals surface area contributed by atoms with Gasteiger partial charge in [0, 0.05) is 11.9 Å². The van der Waals surface area contributed by atoms with Gasteiger partial charge in [-0.15, -0.1) is 11.6 Å². The first-order chi connectivity index (χ1) is 10.9. The molecule has 0 saturated carbocycles. The Kier molecular flexibility index (Phi) is 6.16. The third-order valence-corrected chi connectivity index (χ3v) is 4.90. The molecule has 23 heavy (non-hydrogen) atoms. The van der Waals surface area contributed by atoms with E-state index in [1.807, 2.05) is 6.92 Å². The van der Waals surface area contributed by atoms with Crippen LogP contribution < -0.4 is 8.92 Å². The first-order valence-corrected chi connectivity index (χ1v) is 9.24. The summed E-state index contributed by atoms with van der Waals surface area (Å²) in [6.07, 6.45) is 0.698. The van der Waals surface area contributed by atoms with Gasteiger partial charge in [0.1, 0.15) is 16.4 Å². The van der Waals surface area contributed by atoms with Gasteiger partial charge in [0.2, 0.25) is 0 Å². The van der Waals surface area contributed by atoms with Crippen LogP contribution in [0.15, 0.2) is 47.4 Å². The molecule has 0 radical (unpaired) electrons. The number of hydrogen-bond donors (Lipinski definition) is 0. The Hall–Kier alpha value is -1.43. The van der Waals surface area contributed by atoms with Gasteiger partial charge in [-0.3, -0.25) is 0 Å². The molecule has 0 aliphatic rings. The highest BCUT2D eigenvalue weighted by Crippen LogP contribution is 2.28. The number of benzene rings is 2. The summed E-state index contributed by atoms with van der Waals surface area (Å²) in [6.45, 7) is 2.27. The van der Waals surface area contributed by atoms with E-state index in [1.165, 1.54) is 18.2 Å². The summed E-state index contributed by atoms with van der Waals surface area (Å²) in [5.74, 6) is 1.20. The lowest BCUT2D eigenvalue weighted by Crippen LogP contribution is -2.10. The maximum atomic E-state index is 12.3. The van der Waals surface area contributed by atoms with Crippen LogP contribution in [0.1, 0.15) is 12.0 Å². The minimum atomic E-state index is -4.01. The number of ether oxygens (including phenoxy) is 1. The lowest BCUT2D eigenvalue weighted by molar-refractivity contribution is 0.317. The van der Waals surface area contributed by atoms with E-state index in [9.17, 15) is 8.42 Å². The smallest absolute Gasteiger partial charge is 0.340 e. The first-order valence-electron chi connectivity index (χ1n) is 6.92. The van der Waals surface area contributed by atoms with Crippen LogP contribution in [0.3, 0.4) is 0 Å². The third kappa shape index (κ3) is 5.03. The summed E-state index contributed by atoms with van der Waals surface area (Å²) in [4.78, 5) is -0.0761. The minimum absolute atomic E-state index is 0.0761. The predicted molar refractivity (Wildman–Crippen MR) is 91.3 cm³/mol. The Morgan fingerprint density at radius 3 is 2.48 bits per heavy atom. The van der Waals surface area contributed by atoms with Gasteiger partial charge in [-0.2, -0.15) is 8.42 Å². The Bertz CT molecular complexity index is 775. The van der Waals surface area contributed by atoms with Crippen molar-refractivity contribution in [3.63, 3.8) is 0 Å². The molecule has 124 valence electrons. The zero-order valence-electron chi connectivity index (χ0n) is 12.5. The molecule has 0 amide bonds. The molecular weight excluding hydrogens is 359 g/mol. The fraction of sp³-hybridized carbons (Fsp3) is 0.250. The minimum Gasteiger partial charge on any atom is -0.493 e. The highest BCUT2D eigenvalue weighted by molar-refractivity contribution is 7.87. The Labute approximate surface area is 146 Å². The Morgan fingerprint density at radius 2 is 1.78 bits per heavy atom. The van der Waals surface area contributed by atoms with Gasteiger partial charge >= 0.3 is 10.1 Å². The van der Waals surface area contributed by atoms with Gasteiger partial charge in [0.25, 0.3) is 0 Å². The quantitative estimate of drug-likeness (QED) is 0.408. The summed E-state index contributed by atoms with van der Waals surface area (Å²) in [6, 6.07) is 11.1. The van der Waals surface area contributed by atoms with Crippen LogP contribution in [-0.2, 0) is 10.1 Å². The number of alkyl halides is 1. The summed E-state index contributed by atoms with van der Waals surface area (Å²) in [5, 5.41) is 0.110. The number of halogens is 2. The van der Waals surface area contributed by atoms with E-state index >= 15 is 0 Å². The average molecular weight is 375 g/mol. The van der Waals surface area contributed by atoms with Gasteiger partial charge in [-0.1, -0.05) is 23.7 Å². The van der Waals surface area contributed by atoms with Crippen LogP contribution in [-0.4, -0.2) is 20.9 Å². The molecule has 7 heteroatoms. The lowest BCUT2D eigenvalue weighted by Gasteiger charge is -2.11. The topological polar surface area (TPSA) is 52.6 Å². The van der Waals surface area contributed by atoms with E-state index in [1.54, 1.807) is 24.3 Å². The molecule has 0 aliphatic carbocycles. The van der Waals surface area contributed by atoms with Crippen molar-refractivity contribution < 1.29 is 17.3 Å². The molecule has 0 atom stereocenters. The molecular formula is C16H16Cl2O4S. The Balaban J connectivity index is 2.24. The highest BCUT2D eigenvalue weighted by atomic mass is 35.5. The van der Waals surface area contributed by atoms with E-state index in [-0.39, 0.29) is 15.7 Å². The van der Waals surface area contributed by atoms with Crippen LogP contribution >= 0.6 is 23.2 Å². The van der Waals surface area contributed by atoms with E-state index in [4.69, 9.17) is 32.1 Å². The molecule has 0 unspecified atom stereocenters. The van der Waals surface area contributed by atoms with Crippen molar-refractivity contribution in [2.24, 2.45) is 0 Å². The monoisotopic (exact) mass is 374 g/mol. The van der Waals surface area contributed by atoms with Crippen LogP contribution in [0.4, 0.5) is 0 Å². The molecule has 2 rings (SSSR count). The molecule has 0 aliphatic heterocycles.